The average molecular weight is 724 g/mol. The first-order valence-corrected chi connectivity index (χ1v) is 18.2. The number of aromatic nitrogens is 3. The number of benzene rings is 8. The van der Waals surface area contributed by atoms with E-state index in [1.165, 1.54) is 0 Å². The summed E-state index contributed by atoms with van der Waals surface area (Å²) < 4.78 is 67.9. The summed E-state index contributed by atoms with van der Waals surface area (Å²) in [5.41, 5.74) is 6.93. The number of hydrogen-bond acceptors (Lipinski definition) is 5. The van der Waals surface area contributed by atoms with Gasteiger partial charge in [-0.1, -0.05) is 127 Å². The zero-order valence-corrected chi connectivity index (χ0v) is 29.6. The van der Waals surface area contributed by atoms with E-state index >= 15 is 0 Å². The van der Waals surface area contributed by atoms with Crippen molar-refractivity contribution in [3.63, 3.8) is 0 Å². The van der Waals surface area contributed by atoms with Crippen molar-refractivity contribution in [2.24, 2.45) is 0 Å². The maximum atomic E-state index is 9.59. The first kappa shape index (κ1) is 26.2. The van der Waals surface area contributed by atoms with E-state index in [-0.39, 0.29) is 86.8 Å². The number of hydrogen-bond donors (Lipinski definition) is 0. The second-order valence-electron chi connectivity index (χ2n) is 13.5. The Balaban J connectivity index is 1.18. The molecule has 0 fully saturated rings. The molecule has 56 heavy (non-hydrogen) atoms. The summed E-state index contributed by atoms with van der Waals surface area (Å²) in [6, 6.07) is 47.0. The first-order valence-electron chi connectivity index (χ1n) is 21.2. The number of para-hydroxylation sites is 1. The van der Waals surface area contributed by atoms with Gasteiger partial charge in [0.05, 0.1) is 8.22 Å². The maximum absolute atomic E-state index is 9.59. The molecule has 0 aliphatic carbocycles. The van der Waals surface area contributed by atoms with E-state index in [1.54, 1.807) is 24.3 Å². The second kappa shape index (κ2) is 13.0. The van der Waals surface area contributed by atoms with Crippen LogP contribution in [0.25, 0.3) is 111 Å². The molecule has 0 aliphatic heterocycles. The molecule has 3 aromatic heterocycles. The van der Waals surface area contributed by atoms with Gasteiger partial charge < -0.3 is 8.83 Å². The molecule has 262 valence electrons. The van der Waals surface area contributed by atoms with Gasteiger partial charge in [0.1, 0.15) is 22.3 Å². The Morgan fingerprint density at radius 1 is 0.304 bits per heavy atom. The lowest BCUT2D eigenvalue weighted by atomic mass is 9.96. The number of furan rings is 2. The highest BCUT2D eigenvalue weighted by molar-refractivity contribution is 6.07. The van der Waals surface area contributed by atoms with E-state index in [0.29, 0.717) is 22.3 Å². The Kier molecular flexibility index (Phi) is 6.10. The van der Waals surface area contributed by atoms with Crippen molar-refractivity contribution in [1.82, 2.24) is 15.0 Å². The second-order valence-corrected chi connectivity index (χ2v) is 13.5. The number of rotatable bonds is 6. The molecule has 0 radical (unpaired) electrons. The largest absolute Gasteiger partial charge is 0.456 e. The lowest BCUT2D eigenvalue weighted by Gasteiger charge is -2.12. The van der Waals surface area contributed by atoms with Crippen molar-refractivity contribution in [2.75, 3.05) is 0 Å². The summed E-state index contributed by atoms with van der Waals surface area (Å²) in [5.74, 6) is 0.491. The van der Waals surface area contributed by atoms with E-state index < -0.39 is 0 Å². The lowest BCUT2D eigenvalue weighted by Crippen LogP contribution is -2.00. The van der Waals surface area contributed by atoms with Crippen LogP contribution in [0.2, 0.25) is 0 Å². The molecule has 0 aliphatic rings. The van der Waals surface area contributed by atoms with Crippen LogP contribution in [0.15, 0.2) is 197 Å². The third-order valence-corrected chi connectivity index (χ3v) is 9.97. The fourth-order valence-corrected chi connectivity index (χ4v) is 7.21. The zero-order valence-electron chi connectivity index (χ0n) is 35.6. The van der Waals surface area contributed by atoms with E-state index in [4.69, 9.17) is 26.5 Å². The predicted octanol–water partition coefficient (Wildman–Crippen LogP) is 13.7. The summed E-state index contributed by atoms with van der Waals surface area (Å²) in [5, 5.41) is 2.03. The highest BCUT2D eigenvalue weighted by Gasteiger charge is 2.18. The molecule has 11 aromatic rings. The minimum Gasteiger partial charge on any atom is -0.456 e. The Morgan fingerprint density at radius 3 is 1.54 bits per heavy atom. The third-order valence-electron chi connectivity index (χ3n) is 9.97. The van der Waals surface area contributed by atoms with Crippen LogP contribution >= 0.6 is 0 Å². The van der Waals surface area contributed by atoms with Crippen molar-refractivity contribution in [2.45, 2.75) is 0 Å². The fourth-order valence-electron chi connectivity index (χ4n) is 7.21. The molecule has 11 rings (SSSR count). The van der Waals surface area contributed by atoms with Crippen molar-refractivity contribution >= 4 is 43.9 Å². The minimum atomic E-state index is -0.355. The van der Waals surface area contributed by atoms with E-state index in [9.17, 15) is 5.48 Å². The van der Waals surface area contributed by atoms with Crippen molar-refractivity contribution in [3.8, 4) is 67.5 Å². The van der Waals surface area contributed by atoms with Crippen LogP contribution in [0, 0.1) is 0 Å². The normalized spacial score (nSPS) is 13.1. The standard InChI is InChI=1S/C51H31N3O2/c1-4-12-32(13-5-1)35-22-25-46-44(29-35)43-24-21-37(31-48(43)56-46)50-52-49(36-20-23-42-41-18-10-11-19-45(41)55-47(42)30-36)53-51(54-50)40-27-38(33-14-6-2-7-15-33)26-39(28-40)34-16-8-3-9-17-34/h1-31H/i21D,22D,24D,25D,29D,31D. The van der Waals surface area contributed by atoms with Crippen LogP contribution < -0.4 is 0 Å². The number of nitrogens with zero attached hydrogens (tertiary/aromatic N) is 3. The van der Waals surface area contributed by atoms with Gasteiger partial charge in [-0.15, -0.1) is 0 Å². The van der Waals surface area contributed by atoms with Crippen LogP contribution in [-0.2, 0) is 0 Å². The van der Waals surface area contributed by atoms with Crippen LogP contribution in [0.4, 0.5) is 0 Å². The third kappa shape index (κ3) is 5.62. The molecule has 0 unspecified atom stereocenters. The molecule has 0 spiro atoms. The molecular weight excluding hydrogens is 687 g/mol. The monoisotopic (exact) mass is 723 g/mol. The van der Waals surface area contributed by atoms with Gasteiger partial charge in [0.15, 0.2) is 17.5 Å². The van der Waals surface area contributed by atoms with Crippen molar-refractivity contribution in [1.29, 1.82) is 0 Å². The molecule has 5 nitrogen and oxygen atoms in total. The Hall–Kier alpha value is -7.63. The fraction of sp³-hybridized carbons (Fsp3) is 0. The Labute approximate surface area is 330 Å². The molecule has 0 atom stereocenters. The quantitative estimate of drug-likeness (QED) is 0.171. The summed E-state index contributed by atoms with van der Waals surface area (Å²) >= 11 is 0. The summed E-state index contributed by atoms with van der Waals surface area (Å²) in [4.78, 5) is 14.9. The van der Waals surface area contributed by atoms with Gasteiger partial charge in [-0.05, 0) is 93.9 Å². The molecule has 0 saturated heterocycles. The van der Waals surface area contributed by atoms with Crippen LogP contribution in [-0.4, -0.2) is 15.0 Å². The topological polar surface area (TPSA) is 65.0 Å². The first-order chi connectivity index (χ1) is 30.2. The van der Waals surface area contributed by atoms with Gasteiger partial charge in [0, 0.05) is 38.2 Å². The SMILES string of the molecule is [2H]c1c(-c2ccccc2)c([2H])c2c(oc3c([2H])c(-c4nc(-c5cc(-c6ccccc6)cc(-c6ccccc6)c5)nc(-c5ccc6c(c5)oc5ccccc56)n4)c([2H])c([2H])c32)c1[2H]. The maximum Gasteiger partial charge on any atom is 0.164 e. The Bertz CT molecular complexity index is 3540. The van der Waals surface area contributed by atoms with E-state index in [0.717, 1.165) is 38.6 Å². The average Bonchev–Trinajstić information content (AvgIpc) is 3.91. The predicted molar refractivity (Wildman–Crippen MR) is 227 cm³/mol. The number of fused-ring (bicyclic) bond motifs is 6. The lowest BCUT2D eigenvalue weighted by molar-refractivity contribution is 0.668. The molecule has 8 aromatic carbocycles. The van der Waals surface area contributed by atoms with Gasteiger partial charge in [0.25, 0.3) is 0 Å². The Morgan fingerprint density at radius 2 is 0.839 bits per heavy atom. The van der Waals surface area contributed by atoms with E-state index in [1.807, 2.05) is 121 Å². The van der Waals surface area contributed by atoms with Crippen molar-refractivity contribution in [3.05, 3.63) is 188 Å². The highest BCUT2D eigenvalue weighted by Crippen LogP contribution is 2.37. The van der Waals surface area contributed by atoms with Gasteiger partial charge >= 0.3 is 0 Å². The van der Waals surface area contributed by atoms with Crippen LogP contribution in [0.5, 0.6) is 0 Å². The molecule has 0 amide bonds. The van der Waals surface area contributed by atoms with Crippen LogP contribution in [0.3, 0.4) is 0 Å². The minimum absolute atomic E-state index is 0.0321. The molecular formula is C51H31N3O2. The molecule has 0 bridgehead atoms. The van der Waals surface area contributed by atoms with Crippen molar-refractivity contribution < 1.29 is 17.1 Å². The molecule has 3 heterocycles. The highest BCUT2D eigenvalue weighted by atomic mass is 16.3. The van der Waals surface area contributed by atoms with Gasteiger partial charge in [-0.25, -0.2) is 15.0 Å². The van der Waals surface area contributed by atoms with Crippen LogP contribution in [0.1, 0.15) is 8.22 Å². The molecule has 5 heteroatoms. The molecule has 0 N–H and O–H groups in total. The van der Waals surface area contributed by atoms with Gasteiger partial charge in [0.2, 0.25) is 0 Å². The summed E-state index contributed by atoms with van der Waals surface area (Å²) in [6.07, 6.45) is 0. The smallest absolute Gasteiger partial charge is 0.164 e. The van der Waals surface area contributed by atoms with E-state index in [2.05, 4.69) is 6.07 Å². The van der Waals surface area contributed by atoms with Gasteiger partial charge in [-0.2, -0.15) is 0 Å². The molecule has 0 saturated carbocycles. The zero-order chi connectivity index (χ0) is 42.2. The summed E-state index contributed by atoms with van der Waals surface area (Å²) in [7, 11) is 0. The van der Waals surface area contributed by atoms with Gasteiger partial charge in [-0.3, -0.25) is 0 Å². The summed E-state index contributed by atoms with van der Waals surface area (Å²) in [6.45, 7) is 0.